The SMILES string of the molecule is O=C(N/C=C/c1ccc(Br)cc1)Nc1cc(C(F)(F)F)cc(C(F)(F)F)c1. The fourth-order valence-electron chi connectivity index (χ4n) is 1.98. The van der Waals surface area contributed by atoms with E-state index < -0.39 is 35.2 Å². The zero-order valence-corrected chi connectivity index (χ0v) is 14.8. The summed E-state index contributed by atoms with van der Waals surface area (Å²) < 4.78 is 77.5. The topological polar surface area (TPSA) is 41.1 Å². The number of hydrogen-bond donors (Lipinski definition) is 2. The molecule has 2 aromatic carbocycles. The molecule has 2 N–H and O–H groups in total. The first kappa shape index (κ1) is 20.8. The van der Waals surface area contributed by atoms with E-state index in [1.165, 1.54) is 12.3 Å². The van der Waals surface area contributed by atoms with Crippen LogP contribution in [0, 0.1) is 0 Å². The fraction of sp³-hybridized carbons (Fsp3) is 0.118. The van der Waals surface area contributed by atoms with E-state index in [9.17, 15) is 31.1 Å². The third kappa shape index (κ3) is 6.31. The number of alkyl halides is 6. The number of carbonyl (C=O) groups is 1. The maximum atomic E-state index is 12.8. The van der Waals surface area contributed by atoms with Crippen molar-refractivity contribution in [3.63, 3.8) is 0 Å². The van der Waals surface area contributed by atoms with Gasteiger partial charge in [-0.2, -0.15) is 26.3 Å². The Bertz CT molecular complexity index is 812. The third-order valence-corrected chi connectivity index (χ3v) is 3.73. The van der Waals surface area contributed by atoms with Crippen LogP contribution < -0.4 is 10.6 Å². The number of anilines is 1. The van der Waals surface area contributed by atoms with Gasteiger partial charge in [-0.25, -0.2) is 4.79 Å². The number of urea groups is 1. The van der Waals surface area contributed by atoms with Crippen molar-refractivity contribution in [2.24, 2.45) is 0 Å². The highest BCUT2D eigenvalue weighted by Crippen LogP contribution is 2.37. The molecule has 10 heteroatoms. The Labute approximate surface area is 158 Å². The van der Waals surface area contributed by atoms with Gasteiger partial charge in [0.25, 0.3) is 0 Å². The first-order valence-electron chi connectivity index (χ1n) is 7.24. The molecule has 0 aromatic heterocycles. The van der Waals surface area contributed by atoms with Gasteiger partial charge in [0.15, 0.2) is 0 Å². The molecule has 0 fully saturated rings. The van der Waals surface area contributed by atoms with Gasteiger partial charge in [0, 0.05) is 16.4 Å². The van der Waals surface area contributed by atoms with E-state index >= 15 is 0 Å². The summed E-state index contributed by atoms with van der Waals surface area (Å²) in [7, 11) is 0. The molecule has 0 radical (unpaired) electrons. The maximum absolute atomic E-state index is 12.8. The van der Waals surface area contributed by atoms with Gasteiger partial charge in [-0.1, -0.05) is 28.1 Å². The van der Waals surface area contributed by atoms with E-state index in [0.717, 1.165) is 10.0 Å². The number of rotatable bonds is 3. The van der Waals surface area contributed by atoms with E-state index in [2.05, 4.69) is 21.2 Å². The molecule has 3 nitrogen and oxygen atoms in total. The molecule has 0 unspecified atom stereocenters. The van der Waals surface area contributed by atoms with Gasteiger partial charge < -0.3 is 10.6 Å². The highest BCUT2D eigenvalue weighted by atomic mass is 79.9. The monoisotopic (exact) mass is 452 g/mol. The van der Waals surface area contributed by atoms with Crippen LogP contribution >= 0.6 is 15.9 Å². The Morgan fingerprint density at radius 1 is 0.889 bits per heavy atom. The molecule has 0 spiro atoms. The second kappa shape index (κ2) is 8.03. The molecule has 0 heterocycles. The summed E-state index contributed by atoms with van der Waals surface area (Å²) in [6.45, 7) is 0. The summed E-state index contributed by atoms with van der Waals surface area (Å²) in [5, 5.41) is 4.16. The summed E-state index contributed by atoms with van der Waals surface area (Å²) in [6, 6.07) is 6.79. The van der Waals surface area contributed by atoms with Gasteiger partial charge in [0.05, 0.1) is 11.1 Å². The largest absolute Gasteiger partial charge is 0.416 e. The lowest BCUT2D eigenvalue weighted by atomic mass is 10.1. The molecular formula is C17H11BrF6N2O. The number of amides is 2. The molecular weight excluding hydrogens is 442 g/mol. The lowest BCUT2D eigenvalue weighted by Crippen LogP contribution is -2.24. The second-order valence-corrected chi connectivity index (χ2v) is 6.19. The standard InChI is InChI=1S/C17H11BrF6N2O/c18-13-3-1-10(2-4-13)5-6-25-15(27)26-14-8-11(16(19,20)21)7-12(9-14)17(22,23)24/h1-9H,(H2,25,26,27)/b6-5+. The first-order chi connectivity index (χ1) is 12.4. The van der Waals surface area contributed by atoms with Crippen molar-refractivity contribution in [2.75, 3.05) is 5.32 Å². The second-order valence-electron chi connectivity index (χ2n) is 5.28. The van der Waals surface area contributed by atoms with E-state index in [4.69, 9.17) is 0 Å². The third-order valence-electron chi connectivity index (χ3n) is 3.21. The van der Waals surface area contributed by atoms with Crippen molar-refractivity contribution >= 4 is 33.7 Å². The summed E-state index contributed by atoms with van der Waals surface area (Å²) in [5.74, 6) is 0. The van der Waals surface area contributed by atoms with Gasteiger partial charge in [0.2, 0.25) is 0 Å². The Balaban J connectivity index is 2.13. The number of hydrogen-bond acceptors (Lipinski definition) is 1. The fourth-order valence-corrected chi connectivity index (χ4v) is 2.25. The maximum Gasteiger partial charge on any atom is 0.416 e. The number of benzene rings is 2. The first-order valence-corrected chi connectivity index (χ1v) is 8.03. The lowest BCUT2D eigenvalue weighted by molar-refractivity contribution is -0.143. The number of carbonyl (C=O) groups excluding carboxylic acids is 1. The molecule has 144 valence electrons. The quantitative estimate of drug-likeness (QED) is 0.528. The van der Waals surface area contributed by atoms with Gasteiger partial charge in [-0.15, -0.1) is 0 Å². The summed E-state index contributed by atoms with van der Waals surface area (Å²) in [4.78, 5) is 11.7. The molecule has 0 aliphatic carbocycles. The molecule has 2 aromatic rings. The van der Waals surface area contributed by atoms with Crippen molar-refractivity contribution in [3.05, 3.63) is 69.8 Å². The molecule has 0 aliphatic heterocycles. The van der Waals surface area contributed by atoms with Crippen LogP contribution in [0.3, 0.4) is 0 Å². The minimum atomic E-state index is -4.99. The van der Waals surface area contributed by atoms with Crippen LogP contribution in [0.1, 0.15) is 16.7 Å². The Kier molecular flexibility index (Phi) is 6.19. The summed E-state index contributed by atoms with van der Waals surface area (Å²) in [5.41, 5.74) is -2.94. The van der Waals surface area contributed by atoms with Crippen LogP contribution in [0.2, 0.25) is 0 Å². The molecule has 0 atom stereocenters. The van der Waals surface area contributed by atoms with Crippen LogP contribution in [0.4, 0.5) is 36.8 Å². The van der Waals surface area contributed by atoms with Crippen LogP contribution in [0.15, 0.2) is 53.1 Å². The van der Waals surface area contributed by atoms with Gasteiger partial charge in [-0.3, -0.25) is 0 Å². The average Bonchev–Trinajstić information content (AvgIpc) is 2.55. The van der Waals surface area contributed by atoms with Gasteiger partial charge in [0.1, 0.15) is 0 Å². The molecule has 0 saturated heterocycles. The molecule has 0 aliphatic rings. The van der Waals surface area contributed by atoms with Crippen molar-refractivity contribution < 1.29 is 31.1 Å². The number of nitrogens with one attached hydrogen (secondary N) is 2. The molecule has 2 amide bonds. The molecule has 2 rings (SSSR count). The van der Waals surface area contributed by atoms with Crippen molar-refractivity contribution in [1.29, 1.82) is 0 Å². The van der Waals surface area contributed by atoms with E-state index in [-0.39, 0.29) is 6.07 Å². The van der Waals surface area contributed by atoms with E-state index in [1.54, 1.807) is 24.3 Å². The summed E-state index contributed by atoms with van der Waals surface area (Å²) >= 11 is 3.25. The normalized spacial score (nSPS) is 12.3. The Morgan fingerprint density at radius 3 is 1.89 bits per heavy atom. The van der Waals surface area contributed by atoms with Gasteiger partial charge in [-0.05, 0) is 42.0 Å². The van der Waals surface area contributed by atoms with Gasteiger partial charge >= 0.3 is 18.4 Å². The van der Waals surface area contributed by atoms with E-state index in [1.807, 2.05) is 5.32 Å². The predicted molar refractivity (Wildman–Crippen MR) is 91.8 cm³/mol. The highest BCUT2D eigenvalue weighted by molar-refractivity contribution is 9.10. The predicted octanol–water partition coefficient (Wildman–Crippen LogP) is 6.28. The molecule has 0 saturated carbocycles. The zero-order chi connectivity index (χ0) is 20.2. The molecule has 27 heavy (non-hydrogen) atoms. The zero-order valence-electron chi connectivity index (χ0n) is 13.3. The van der Waals surface area contributed by atoms with Crippen molar-refractivity contribution in [1.82, 2.24) is 5.32 Å². The average molecular weight is 453 g/mol. The van der Waals surface area contributed by atoms with Crippen molar-refractivity contribution in [2.45, 2.75) is 12.4 Å². The number of halogens is 7. The van der Waals surface area contributed by atoms with Crippen LogP contribution in [-0.2, 0) is 12.4 Å². The Hall–Kier alpha value is -2.49. The van der Waals surface area contributed by atoms with Crippen LogP contribution in [0.25, 0.3) is 6.08 Å². The van der Waals surface area contributed by atoms with Crippen molar-refractivity contribution in [3.8, 4) is 0 Å². The Morgan fingerprint density at radius 2 is 1.41 bits per heavy atom. The minimum absolute atomic E-state index is 0.0173. The smallest absolute Gasteiger partial charge is 0.314 e. The summed E-state index contributed by atoms with van der Waals surface area (Å²) in [6.07, 6.45) is -7.28. The highest BCUT2D eigenvalue weighted by Gasteiger charge is 2.37. The van der Waals surface area contributed by atoms with E-state index in [0.29, 0.717) is 12.1 Å². The van der Waals surface area contributed by atoms with Crippen LogP contribution in [0.5, 0.6) is 0 Å². The lowest BCUT2D eigenvalue weighted by Gasteiger charge is -2.14. The molecule has 0 bridgehead atoms. The minimum Gasteiger partial charge on any atom is -0.314 e. The van der Waals surface area contributed by atoms with Crippen LogP contribution in [-0.4, -0.2) is 6.03 Å².